The van der Waals surface area contributed by atoms with E-state index in [2.05, 4.69) is 4.90 Å². The number of fused-ring (bicyclic) bond motifs is 1. The highest BCUT2D eigenvalue weighted by atomic mass is 32.5. The summed E-state index contributed by atoms with van der Waals surface area (Å²) < 4.78 is 75.7. The Balaban J connectivity index is 1.65. The predicted octanol–water partition coefficient (Wildman–Crippen LogP) is 5.56. The molecule has 1 aromatic rings. The van der Waals surface area contributed by atoms with Crippen LogP contribution in [-0.2, 0) is 9.47 Å². The molecule has 2 saturated heterocycles. The van der Waals surface area contributed by atoms with Gasteiger partial charge in [0.25, 0.3) is 0 Å². The van der Waals surface area contributed by atoms with E-state index in [0.717, 1.165) is 49.3 Å². The van der Waals surface area contributed by atoms with E-state index in [1.807, 2.05) is 0 Å². The summed E-state index contributed by atoms with van der Waals surface area (Å²) in [6.07, 6.45) is 2.87. The number of carbonyl (C=O) groups excluding carboxylic acids is 1. The van der Waals surface area contributed by atoms with Crippen molar-refractivity contribution in [3.8, 4) is 0 Å². The van der Waals surface area contributed by atoms with Crippen molar-refractivity contribution in [3.05, 3.63) is 24.3 Å². The van der Waals surface area contributed by atoms with Crippen LogP contribution in [0, 0.1) is 0 Å². The molecular formula is C18H25F5N2O3S. The van der Waals surface area contributed by atoms with E-state index < -0.39 is 21.2 Å². The van der Waals surface area contributed by atoms with Crippen molar-refractivity contribution in [1.29, 1.82) is 0 Å². The number of carbonyl (C=O) groups is 1. The number of methoxy groups -OCH3 is 1. The summed E-state index contributed by atoms with van der Waals surface area (Å²) in [6, 6.07) is 2.55. The number of benzene rings is 1. The van der Waals surface area contributed by atoms with Gasteiger partial charge in [-0.25, -0.2) is 4.79 Å². The van der Waals surface area contributed by atoms with Gasteiger partial charge in [0.15, 0.2) is 0 Å². The van der Waals surface area contributed by atoms with Crippen LogP contribution in [0.15, 0.2) is 29.2 Å². The number of nitrogens with zero attached hydrogens (tertiary/aromatic N) is 2. The average Bonchev–Trinajstić information content (AvgIpc) is 3.16. The molecule has 2 fully saturated rings. The molecule has 166 valence electrons. The highest BCUT2D eigenvalue weighted by Gasteiger charge is 2.65. The number of halogens is 5. The zero-order valence-corrected chi connectivity index (χ0v) is 17.1. The second kappa shape index (κ2) is 6.71. The lowest BCUT2D eigenvalue weighted by Crippen LogP contribution is -2.47. The second-order valence-corrected chi connectivity index (χ2v) is 10.2. The van der Waals surface area contributed by atoms with Crippen LogP contribution in [0.1, 0.15) is 25.7 Å². The number of ether oxygens (including phenoxy) is 2. The van der Waals surface area contributed by atoms with Crippen LogP contribution in [0.3, 0.4) is 0 Å². The first kappa shape index (κ1) is 22.1. The normalized spacial score (nSPS) is 27.2. The minimum atomic E-state index is -9.83. The molecule has 29 heavy (non-hydrogen) atoms. The lowest BCUT2D eigenvalue weighted by molar-refractivity contribution is 0.0338. The van der Waals surface area contributed by atoms with Crippen LogP contribution in [0.2, 0.25) is 0 Å². The van der Waals surface area contributed by atoms with Gasteiger partial charge in [-0.15, -0.1) is 0 Å². The average molecular weight is 444 g/mol. The molecular weight excluding hydrogens is 419 g/mol. The standard InChI is InChI=1S/C18H25F5N2O3S/c1-24(14-5-3-6-16(11-14)29(19,20,21,22)23)17(26)28-12-15-7-9-18(13-27-2)8-4-10-25(15)18/h3,5-6,11,15H,4,7-10,12-13H2,1-2H3/t15-,18-/m0/s1. The monoisotopic (exact) mass is 444 g/mol. The van der Waals surface area contributed by atoms with Crippen molar-refractivity contribution in [2.45, 2.75) is 42.2 Å². The van der Waals surface area contributed by atoms with E-state index in [1.54, 1.807) is 7.11 Å². The topological polar surface area (TPSA) is 42.0 Å². The minimum absolute atomic E-state index is 0.000952. The van der Waals surface area contributed by atoms with E-state index in [-0.39, 0.29) is 29.9 Å². The van der Waals surface area contributed by atoms with Crippen LogP contribution < -0.4 is 4.90 Å². The summed E-state index contributed by atoms with van der Waals surface area (Å²) in [5, 5.41) is 0. The largest absolute Gasteiger partial charge is 0.448 e. The maximum Gasteiger partial charge on any atom is 0.414 e. The molecule has 0 radical (unpaired) electrons. The first-order valence-electron chi connectivity index (χ1n) is 9.26. The van der Waals surface area contributed by atoms with Crippen LogP contribution in [0.5, 0.6) is 0 Å². The van der Waals surface area contributed by atoms with Gasteiger partial charge in [0.05, 0.1) is 6.61 Å². The minimum Gasteiger partial charge on any atom is -0.448 e. The number of hydrogen-bond donors (Lipinski definition) is 0. The molecule has 1 amide bonds. The fraction of sp³-hybridized carbons (Fsp3) is 0.611. The van der Waals surface area contributed by atoms with Gasteiger partial charge in [0.2, 0.25) is 0 Å². The molecule has 2 heterocycles. The van der Waals surface area contributed by atoms with Gasteiger partial charge in [-0.1, -0.05) is 25.5 Å². The fourth-order valence-electron chi connectivity index (χ4n) is 4.36. The molecule has 0 saturated carbocycles. The van der Waals surface area contributed by atoms with Gasteiger partial charge in [-0.05, 0) is 50.4 Å². The van der Waals surface area contributed by atoms with Crippen LogP contribution in [0.25, 0.3) is 0 Å². The van der Waals surface area contributed by atoms with E-state index in [0.29, 0.717) is 12.7 Å². The molecule has 0 unspecified atom stereocenters. The van der Waals surface area contributed by atoms with Gasteiger partial charge >= 0.3 is 16.3 Å². The van der Waals surface area contributed by atoms with E-state index >= 15 is 0 Å². The first-order valence-corrected chi connectivity index (χ1v) is 11.2. The Hall–Kier alpha value is -1.59. The number of rotatable bonds is 6. The molecule has 0 N–H and O–H groups in total. The molecule has 3 rings (SSSR count). The fourth-order valence-corrected chi connectivity index (χ4v) is 5.04. The van der Waals surface area contributed by atoms with Crippen LogP contribution in [-0.4, -0.2) is 56.5 Å². The molecule has 2 atom stereocenters. The Bertz CT molecular complexity index is 792. The number of amides is 1. The maximum absolute atomic E-state index is 13.0. The summed E-state index contributed by atoms with van der Waals surface area (Å²) >= 11 is 0. The van der Waals surface area contributed by atoms with Crippen LogP contribution in [0.4, 0.5) is 29.9 Å². The van der Waals surface area contributed by atoms with E-state index in [1.165, 1.54) is 7.05 Å². The Morgan fingerprint density at radius 2 is 2.00 bits per heavy atom. The van der Waals surface area contributed by atoms with Crippen molar-refractivity contribution >= 4 is 22.0 Å². The highest BCUT2D eigenvalue weighted by Crippen LogP contribution is 3.02. The van der Waals surface area contributed by atoms with Crippen molar-refractivity contribution in [2.75, 3.05) is 38.8 Å². The zero-order valence-electron chi connectivity index (χ0n) is 16.3. The molecule has 5 nitrogen and oxygen atoms in total. The summed E-state index contributed by atoms with van der Waals surface area (Å²) in [5.74, 6) is 0. The van der Waals surface area contributed by atoms with Gasteiger partial charge in [-0.2, -0.15) is 0 Å². The van der Waals surface area contributed by atoms with Crippen LogP contribution >= 0.6 is 10.2 Å². The summed E-state index contributed by atoms with van der Waals surface area (Å²) in [4.78, 5) is 13.4. The molecule has 0 bridgehead atoms. The Morgan fingerprint density at radius 3 is 2.66 bits per heavy atom. The van der Waals surface area contributed by atoms with E-state index in [4.69, 9.17) is 9.47 Å². The predicted molar refractivity (Wildman–Crippen MR) is 101 cm³/mol. The molecule has 0 spiro atoms. The summed E-state index contributed by atoms with van der Waals surface area (Å²) in [7, 11) is -6.99. The first-order chi connectivity index (χ1) is 13.3. The van der Waals surface area contributed by atoms with Gasteiger partial charge < -0.3 is 9.47 Å². The zero-order chi connectivity index (χ0) is 21.6. The summed E-state index contributed by atoms with van der Waals surface area (Å²) in [5.41, 5.74) is -0.366. The number of anilines is 1. The lowest BCUT2D eigenvalue weighted by Gasteiger charge is -2.40. The third-order valence-corrected chi connectivity index (χ3v) is 6.92. The quantitative estimate of drug-likeness (QED) is 0.539. The molecule has 1 aromatic carbocycles. The third kappa shape index (κ3) is 4.61. The second-order valence-electron chi connectivity index (χ2n) is 7.75. The third-order valence-electron chi connectivity index (χ3n) is 5.77. The Morgan fingerprint density at radius 1 is 1.28 bits per heavy atom. The number of hydrogen-bond acceptors (Lipinski definition) is 4. The van der Waals surface area contributed by atoms with Gasteiger partial charge in [0, 0.05) is 31.4 Å². The molecule has 2 aliphatic heterocycles. The highest BCUT2D eigenvalue weighted by molar-refractivity contribution is 8.45. The summed E-state index contributed by atoms with van der Waals surface area (Å²) in [6.45, 7) is 1.54. The maximum atomic E-state index is 13.0. The Kier molecular flexibility index (Phi) is 5.11. The van der Waals surface area contributed by atoms with Crippen molar-refractivity contribution in [1.82, 2.24) is 4.90 Å². The molecule has 2 aliphatic rings. The van der Waals surface area contributed by atoms with Gasteiger partial charge in [-0.3, -0.25) is 9.80 Å². The lowest BCUT2D eigenvalue weighted by atomic mass is 9.95. The van der Waals surface area contributed by atoms with Crippen molar-refractivity contribution < 1.29 is 33.7 Å². The van der Waals surface area contributed by atoms with Crippen molar-refractivity contribution in [3.63, 3.8) is 0 Å². The van der Waals surface area contributed by atoms with E-state index in [9.17, 15) is 24.2 Å². The molecule has 0 aliphatic carbocycles. The smallest absolute Gasteiger partial charge is 0.414 e. The Labute approximate surface area is 166 Å². The SMILES string of the molecule is COC[C@@]12CCCN1[C@H](COC(=O)N(C)c1cccc(S(F)(F)(F)(F)F)c1)CC2. The van der Waals surface area contributed by atoms with Gasteiger partial charge in [0.1, 0.15) is 11.5 Å². The van der Waals surface area contributed by atoms with Crippen molar-refractivity contribution in [2.24, 2.45) is 0 Å². The molecule has 11 heteroatoms. The molecule has 0 aromatic heterocycles.